The molecule has 0 atom stereocenters. The summed E-state index contributed by atoms with van der Waals surface area (Å²) in [6.45, 7) is 2.44. The Morgan fingerprint density at radius 1 is 1.06 bits per heavy atom. The van der Waals surface area contributed by atoms with Gasteiger partial charge in [0.25, 0.3) is 5.91 Å². The van der Waals surface area contributed by atoms with Gasteiger partial charge in [0.15, 0.2) is 11.5 Å². The first-order valence-electron chi connectivity index (χ1n) is 10.2. The molecule has 170 valence electrons. The van der Waals surface area contributed by atoms with E-state index >= 15 is 0 Å². The molecule has 33 heavy (non-hydrogen) atoms. The van der Waals surface area contributed by atoms with E-state index in [0.717, 1.165) is 16.8 Å². The number of thiocarbonyl (C=S) groups is 1. The van der Waals surface area contributed by atoms with Crippen molar-refractivity contribution in [2.45, 2.75) is 6.92 Å². The molecule has 3 aromatic rings. The molecule has 1 aliphatic rings. The number of methoxy groups -OCH3 is 3. The van der Waals surface area contributed by atoms with Crippen LogP contribution in [-0.4, -0.2) is 52.8 Å². The number of thioether (sulfide) groups is 1. The van der Waals surface area contributed by atoms with Gasteiger partial charge in [0.1, 0.15) is 10.0 Å². The summed E-state index contributed by atoms with van der Waals surface area (Å²) in [4.78, 5) is 15.0. The molecule has 1 aliphatic heterocycles. The number of nitrogens with zero attached hydrogens (tertiary/aromatic N) is 3. The van der Waals surface area contributed by atoms with Gasteiger partial charge in [-0.15, -0.1) is 0 Å². The third-order valence-electron chi connectivity index (χ3n) is 5.18. The Kier molecular flexibility index (Phi) is 6.71. The number of likely N-dealkylation sites (N-methyl/N-ethyl adjacent to an activating group) is 1. The smallest absolute Gasteiger partial charge is 0.266 e. The largest absolute Gasteiger partial charge is 0.493 e. The number of hydrogen-bond donors (Lipinski definition) is 0. The van der Waals surface area contributed by atoms with Gasteiger partial charge >= 0.3 is 0 Å². The molecule has 0 bridgehead atoms. The summed E-state index contributed by atoms with van der Waals surface area (Å²) >= 11 is 6.66. The predicted molar refractivity (Wildman–Crippen MR) is 134 cm³/mol. The summed E-state index contributed by atoms with van der Waals surface area (Å²) in [6.07, 6.45) is 3.73. The number of ether oxygens (including phenoxy) is 3. The SMILES string of the molecule is CCN1C(=O)/C(=C\c2cn(-c3ccccc3)nc2-c2cc(OC)c(OC)c(OC)c2)SC1=S. The second-order valence-corrected chi connectivity index (χ2v) is 8.73. The van der Waals surface area contributed by atoms with Gasteiger partial charge in [-0.1, -0.05) is 42.2 Å². The zero-order valence-corrected chi connectivity index (χ0v) is 20.3. The lowest BCUT2D eigenvalue weighted by atomic mass is 10.1. The zero-order valence-electron chi connectivity index (χ0n) is 18.7. The van der Waals surface area contributed by atoms with E-state index < -0.39 is 0 Å². The number of carbonyl (C=O) groups excluding carboxylic acids is 1. The third-order valence-corrected chi connectivity index (χ3v) is 6.56. The molecule has 0 N–H and O–H groups in total. The molecule has 0 spiro atoms. The van der Waals surface area contributed by atoms with Gasteiger partial charge in [-0.05, 0) is 37.3 Å². The number of hydrogen-bond acceptors (Lipinski definition) is 7. The summed E-state index contributed by atoms with van der Waals surface area (Å²) in [5.74, 6) is 1.43. The van der Waals surface area contributed by atoms with Crippen molar-refractivity contribution in [2.24, 2.45) is 0 Å². The van der Waals surface area contributed by atoms with E-state index in [1.807, 2.05) is 61.7 Å². The van der Waals surface area contributed by atoms with Crippen molar-refractivity contribution in [3.63, 3.8) is 0 Å². The van der Waals surface area contributed by atoms with Crippen LogP contribution in [0.15, 0.2) is 53.6 Å². The fraction of sp³-hybridized carbons (Fsp3) is 0.208. The van der Waals surface area contributed by atoms with E-state index in [0.29, 0.717) is 38.7 Å². The van der Waals surface area contributed by atoms with Crippen LogP contribution in [0, 0.1) is 0 Å². The first-order valence-corrected chi connectivity index (χ1v) is 11.4. The molecular weight excluding hydrogens is 458 g/mol. The predicted octanol–water partition coefficient (Wildman–Crippen LogP) is 4.79. The quantitative estimate of drug-likeness (QED) is 0.355. The van der Waals surface area contributed by atoms with Crippen LogP contribution in [0.3, 0.4) is 0 Å². The van der Waals surface area contributed by atoms with E-state index in [2.05, 4.69) is 0 Å². The number of rotatable bonds is 7. The molecular formula is C24H23N3O4S2. The van der Waals surface area contributed by atoms with Crippen molar-refractivity contribution in [3.05, 3.63) is 59.1 Å². The van der Waals surface area contributed by atoms with Crippen molar-refractivity contribution in [3.8, 4) is 34.2 Å². The van der Waals surface area contributed by atoms with Crippen LogP contribution in [0.25, 0.3) is 23.0 Å². The Labute approximate surface area is 201 Å². The van der Waals surface area contributed by atoms with Gasteiger partial charge in [-0.2, -0.15) is 5.10 Å². The Morgan fingerprint density at radius 2 is 1.73 bits per heavy atom. The van der Waals surface area contributed by atoms with Crippen LogP contribution in [0.1, 0.15) is 12.5 Å². The highest BCUT2D eigenvalue weighted by Gasteiger charge is 2.31. The summed E-state index contributed by atoms with van der Waals surface area (Å²) in [5.41, 5.74) is 3.09. The van der Waals surface area contributed by atoms with E-state index in [1.54, 1.807) is 30.9 Å². The Bertz CT molecular complexity index is 1210. The van der Waals surface area contributed by atoms with E-state index in [1.165, 1.54) is 11.8 Å². The number of para-hydroxylation sites is 1. The first-order chi connectivity index (χ1) is 16.0. The van der Waals surface area contributed by atoms with Crippen LogP contribution in [0.2, 0.25) is 0 Å². The number of amides is 1. The van der Waals surface area contributed by atoms with Gasteiger partial charge in [0.05, 0.1) is 31.9 Å². The summed E-state index contributed by atoms with van der Waals surface area (Å²) in [6, 6.07) is 13.5. The van der Waals surface area contributed by atoms with Gasteiger partial charge in [-0.25, -0.2) is 4.68 Å². The van der Waals surface area contributed by atoms with Crippen molar-refractivity contribution in [1.29, 1.82) is 0 Å². The van der Waals surface area contributed by atoms with Crippen molar-refractivity contribution in [2.75, 3.05) is 27.9 Å². The molecule has 0 saturated carbocycles. The van der Waals surface area contributed by atoms with Crippen LogP contribution in [0.4, 0.5) is 0 Å². The van der Waals surface area contributed by atoms with E-state index in [-0.39, 0.29) is 5.91 Å². The minimum atomic E-state index is -0.101. The maximum atomic E-state index is 12.8. The second-order valence-electron chi connectivity index (χ2n) is 7.05. The fourth-order valence-corrected chi connectivity index (χ4v) is 4.94. The molecule has 1 aromatic heterocycles. The van der Waals surface area contributed by atoms with Gasteiger partial charge in [-0.3, -0.25) is 9.69 Å². The molecule has 2 heterocycles. The second kappa shape index (κ2) is 9.68. The van der Waals surface area contributed by atoms with Crippen molar-refractivity contribution < 1.29 is 19.0 Å². The standard InChI is InChI=1S/C24H23N3O4S2/c1-5-26-23(28)20(33-24(26)32)13-16-14-27(17-9-7-6-8-10-17)25-21(16)15-11-18(29-2)22(31-4)19(12-15)30-3/h6-14H,5H2,1-4H3/b20-13+. The normalized spacial score (nSPS) is 14.8. The molecule has 7 nitrogen and oxygen atoms in total. The topological polar surface area (TPSA) is 65.8 Å². The molecule has 4 rings (SSSR count). The minimum Gasteiger partial charge on any atom is -0.493 e. The molecule has 1 fully saturated rings. The Hall–Kier alpha value is -3.30. The highest BCUT2D eigenvalue weighted by atomic mass is 32.2. The van der Waals surface area contributed by atoms with E-state index in [4.69, 9.17) is 31.5 Å². The fourth-order valence-electron chi connectivity index (χ4n) is 3.56. The van der Waals surface area contributed by atoms with Crippen LogP contribution in [-0.2, 0) is 4.79 Å². The van der Waals surface area contributed by atoms with Crippen LogP contribution in [0.5, 0.6) is 17.2 Å². The van der Waals surface area contributed by atoms with E-state index in [9.17, 15) is 4.79 Å². The minimum absolute atomic E-state index is 0.101. The summed E-state index contributed by atoms with van der Waals surface area (Å²) in [5, 5.41) is 4.84. The molecule has 0 aliphatic carbocycles. The maximum absolute atomic E-state index is 12.8. The van der Waals surface area contributed by atoms with Crippen LogP contribution < -0.4 is 14.2 Å². The lowest BCUT2D eigenvalue weighted by Gasteiger charge is -2.13. The maximum Gasteiger partial charge on any atom is 0.266 e. The van der Waals surface area contributed by atoms with Gasteiger partial charge in [0.2, 0.25) is 5.75 Å². The zero-order chi connectivity index (χ0) is 23.5. The lowest BCUT2D eigenvalue weighted by molar-refractivity contribution is -0.121. The summed E-state index contributed by atoms with van der Waals surface area (Å²) < 4.78 is 18.8. The van der Waals surface area contributed by atoms with Crippen molar-refractivity contribution >= 4 is 40.3 Å². The number of benzene rings is 2. The molecule has 0 unspecified atom stereocenters. The number of aromatic nitrogens is 2. The van der Waals surface area contributed by atoms with Gasteiger partial charge < -0.3 is 14.2 Å². The highest BCUT2D eigenvalue weighted by Crippen LogP contribution is 2.42. The van der Waals surface area contributed by atoms with Gasteiger partial charge in [0, 0.05) is 23.9 Å². The molecule has 1 amide bonds. The highest BCUT2D eigenvalue weighted by molar-refractivity contribution is 8.26. The Morgan fingerprint density at radius 3 is 2.27 bits per heavy atom. The molecule has 9 heteroatoms. The summed E-state index contributed by atoms with van der Waals surface area (Å²) in [7, 11) is 4.70. The van der Waals surface area contributed by atoms with Crippen LogP contribution >= 0.6 is 24.0 Å². The molecule has 2 aromatic carbocycles. The van der Waals surface area contributed by atoms with Crippen molar-refractivity contribution in [1.82, 2.24) is 14.7 Å². The lowest BCUT2D eigenvalue weighted by Crippen LogP contribution is -2.27. The Balaban J connectivity index is 1.90. The average molecular weight is 482 g/mol. The monoisotopic (exact) mass is 481 g/mol. The third kappa shape index (κ3) is 4.34. The first kappa shape index (κ1) is 22.9. The molecule has 1 saturated heterocycles. The number of carbonyl (C=O) groups is 1. The average Bonchev–Trinajstić information content (AvgIpc) is 3.38. The molecule has 0 radical (unpaired) electrons.